The van der Waals surface area contributed by atoms with Crippen LogP contribution in [-0.2, 0) is 0 Å². The molecule has 2 aromatic carbocycles. The number of pyridine rings is 1. The van der Waals surface area contributed by atoms with E-state index in [0.29, 0.717) is 30.7 Å². The normalized spacial score (nSPS) is 12.6. The molecule has 4 aromatic rings. The number of hydrogen-bond donors (Lipinski definition) is 1. The average molecular weight is 443 g/mol. The summed E-state index contributed by atoms with van der Waals surface area (Å²) in [6.07, 6.45) is 3.43. The van der Waals surface area contributed by atoms with Crippen molar-refractivity contribution in [2.75, 3.05) is 30.5 Å². The third-order valence-corrected chi connectivity index (χ3v) is 5.37. The minimum Gasteiger partial charge on any atom is -0.496 e. The van der Waals surface area contributed by atoms with E-state index < -0.39 is 0 Å². The molecule has 0 aliphatic carbocycles. The SMILES string of the molecule is COc1cc(Nc2ncc3c(n2)N(c2ccc(F)cc2)CCO3)ccc1-c1ccnc(C)c1. The minimum absolute atomic E-state index is 0.281. The highest BCUT2D eigenvalue weighted by atomic mass is 19.1. The van der Waals surface area contributed by atoms with Crippen molar-refractivity contribution in [3.8, 4) is 22.6 Å². The number of fused-ring (bicyclic) bond motifs is 1. The molecule has 0 saturated carbocycles. The monoisotopic (exact) mass is 443 g/mol. The fraction of sp³-hybridized carbons (Fsp3) is 0.160. The van der Waals surface area contributed by atoms with Gasteiger partial charge in [0.15, 0.2) is 11.6 Å². The fourth-order valence-corrected chi connectivity index (χ4v) is 3.79. The van der Waals surface area contributed by atoms with Gasteiger partial charge in [0.1, 0.15) is 18.2 Å². The summed E-state index contributed by atoms with van der Waals surface area (Å²) in [7, 11) is 1.64. The summed E-state index contributed by atoms with van der Waals surface area (Å²) in [5.41, 5.74) is 4.56. The van der Waals surface area contributed by atoms with Crippen LogP contribution in [0.15, 0.2) is 67.0 Å². The number of halogens is 1. The lowest BCUT2D eigenvalue weighted by molar-refractivity contribution is 0.310. The van der Waals surface area contributed by atoms with Crippen LogP contribution < -0.4 is 19.7 Å². The molecule has 0 spiro atoms. The Morgan fingerprint density at radius 3 is 2.70 bits per heavy atom. The zero-order valence-corrected chi connectivity index (χ0v) is 18.2. The van der Waals surface area contributed by atoms with Gasteiger partial charge in [-0.05, 0) is 61.0 Å². The van der Waals surface area contributed by atoms with Gasteiger partial charge in [0.2, 0.25) is 5.95 Å². The van der Waals surface area contributed by atoms with Crippen molar-refractivity contribution in [2.24, 2.45) is 0 Å². The zero-order chi connectivity index (χ0) is 22.8. The van der Waals surface area contributed by atoms with E-state index in [2.05, 4.69) is 20.3 Å². The smallest absolute Gasteiger partial charge is 0.229 e. The molecular weight excluding hydrogens is 421 g/mol. The van der Waals surface area contributed by atoms with Crippen LogP contribution in [0.4, 0.5) is 27.5 Å². The number of aryl methyl sites for hydroxylation is 1. The van der Waals surface area contributed by atoms with Gasteiger partial charge in [0, 0.05) is 34.9 Å². The molecule has 1 N–H and O–H groups in total. The lowest BCUT2D eigenvalue weighted by Crippen LogP contribution is -2.29. The van der Waals surface area contributed by atoms with E-state index in [-0.39, 0.29) is 5.82 Å². The van der Waals surface area contributed by atoms with Crippen molar-refractivity contribution in [1.29, 1.82) is 0 Å². The Morgan fingerprint density at radius 2 is 1.91 bits per heavy atom. The first-order chi connectivity index (χ1) is 16.1. The molecule has 33 heavy (non-hydrogen) atoms. The highest BCUT2D eigenvalue weighted by Gasteiger charge is 2.22. The third kappa shape index (κ3) is 4.27. The molecule has 0 unspecified atom stereocenters. The molecule has 1 aliphatic rings. The molecule has 8 heteroatoms. The number of nitrogens with zero attached hydrogens (tertiary/aromatic N) is 4. The standard InChI is InChI=1S/C25H22FN5O2/c1-16-13-17(9-10-27-16)21-8-5-19(14-22(21)32-2)29-25-28-15-23-24(30-25)31(11-12-33-23)20-6-3-18(26)4-7-20/h3-10,13-15H,11-12H2,1-2H3,(H,28,29,30). The Hall–Kier alpha value is -4.20. The molecule has 7 nitrogen and oxygen atoms in total. The first-order valence-electron chi connectivity index (χ1n) is 10.5. The summed E-state index contributed by atoms with van der Waals surface area (Å²) < 4.78 is 24.7. The number of ether oxygens (including phenoxy) is 2. The Labute approximate surface area is 190 Å². The van der Waals surface area contributed by atoms with E-state index in [1.807, 2.05) is 42.2 Å². The zero-order valence-electron chi connectivity index (χ0n) is 18.2. The van der Waals surface area contributed by atoms with Crippen molar-refractivity contribution in [3.63, 3.8) is 0 Å². The molecule has 5 rings (SSSR count). The van der Waals surface area contributed by atoms with Gasteiger partial charge in [-0.1, -0.05) is 0 Å². The lowest BCUT2D eigenvalue weighted by Gasteiger charge is -2.30. The third-order valence-electron chi connectivity index (χ3n) is 5.37. The fourth-order valence-electron chi connectivity index (χ4n) is 3.79. The largest absolute Gasteiger partial charge is 0.496 e. The molecule has 0 radical (unpaired) electrons. The second-order valence-corrected chi connectivity index (χ2v) is 7.58. The second kappa shape index (κ2) is 8.74. The molecule has 0 atom stereocenters. The average Bonchev–Trinajstić information content (AvgIpc) is 2.84. The molecule has 0 saturated heterocycles. The van der Waals surface area contributed by atoms with Crippen molar-refractivity contribution in [3.05, 3.63) is 78.5 Å². The summed E-state index contributed by atoms with van der Waals surface area (Å²) in [6.45, 7) is 3.05. The lowest BCUT2D eigenvalue weighted by atomic mass is 10.0. The Morgan fingerprint density at radius 1 is 1.06 bits per heavy atom. The van der Waals surface area contributed by atoms with Crippen molar-refractivity contribution in [2.45, 2.75) is 6.92 Å². The molecule has 2 aromatic heterocycles. The van der Waals surface area contributed by atoms with Gasteiger partial charge in [-0.15, -0.1) is 0 Å². The van der Waals surface area contributed by atoms with E-state index >= 15 is 0 Å². The van der Waals surface area contributed by atoms with E-state index in [4.69, 9.17) is 9.47 Å². The maximum Gasteiger partial charge on any atom is 0.229 e. The minimum atomic E-state index is -0.281. The molecule has 0 fully saturated rings. The van der Waals surface area contributed by atoms with Gasteiger partial charge in [0.25, 0.3) is 0 Å². The number of nitrogens with one attached hydrogen (secondary N) is 1. The summed E-state index contributed by atoms with van der Waals surface area (Å²) in [5, 5.41) is 3.24. The number of aromatic nitrogens is 3. The van der Waals surface area contributed by atoms with E-state index in [1.165, 1.54) is 12.1 Å². The van der Waals surface area contributed by atoms with Crippen LogP contribution in [-0.4, -0.2) is 35.2 Å². The van der Waals surface area contributed by atoms with Crippen LogP contribution in [0.2, 0.25) is 0 Å². The highest BCUT2D eigenvalue weighted by Crippen LogP contribution is 2.36. The van der Waals surface area contributed by atoms with Crippen molar-refractivity contribution in [1.82, 2.24) is 15.0 Å². The van der Waals surface area contributed by atoms with Crippen LogP contribution in [0.1, 0.15) is 5.69 Å². The summed E-state index contributed by atoms with van der Waals surface area (Å²) in [5.74, 6) is 2.07. The van der Waals surface area contributed by atoms with Crippen molar-refractivity contribution < 1.29 is 13.9 Å². The molecule has 3 heterocycles. The van der Waals surface area contributed by atoms with Gasteiger partial charge in [-0.3, -0.25) is 4.98 Å². The molecule has 1 aliphatic heterocycles. The number of rotatable bonds is 5. The predicted molar refractivity (Wildman–Crippen MR) is 125 cm³/mol. The maximum absolute atomic E-state index is 13.4. The Balaban J connectivity index is 1.44. The Kier molecular flexibility index (Phi) is 5.48. The number of anilines is 4. The summed E-state index contributed by atoms with van der Waals surface area (Å²) in [4.78, 5) is 15.3. The van der Waals surface area contributed by atoms with Crippen LogP contribution in [0.5, 0.6) is 11.5 Å². The first kappa shape index (κ1) is 20.7. The van der Waals surface area contributed by atoms with Gasteiger partial charge in [-0.2, -0.15) is 4.98 Å². The number of methoxy groups -OCH3 is 1. The Bertz CT molecular complexity index is 1300. The maximum atomic E-state index is 13.4. The first-order valence-corrected chi connectivity index (χ1v) is 10.5. The molecule has 0 amide bonds. The number of benzene rings is 2. The van der Waals surface area contributed by atoms with Gasteiger partial charge >= 0.3 is 0 Å². The van der Waals surface area contributed by atoms with Crippen LogP contribution in [0, 0.1) is 12.7 Å². The summed E-state index contributed by atoms with van der Waals surface area (Å²) in [6, 6.07) is 16.1. The van der Waals surface area contributed by atoms with Crippen LogP contribution in [0.3, 0.4) is 0 Å². The summed E-state index contributed by atoms with van der Waals surface area (Å²) >= 11 is 0. The predicted octanol–water partition coefficient (Wildman–Crippen LogP) is 5.27. The van der Waals surface area contributed by atoms with Gasteiger partial charge in [-0.25, -0.2) is 9.37 Å². The van der Waals surface area contributed by atoms with Gasteiger partial charge < -0.3 is 19.7 Å². The van der Waals surface area contributed by atoms with Crippen LogP contribution >= 0.6 is 0 Å². The molecule has 166 valence electrons. The second-order valence-electron chi connectivity index (χ2n) is 7.58. The van der Waals surface area contributed by atoms with E-state index in [0.717, 1.165) is 33.9 Å². The van der Waals surface area contributed by atoms with E-state index in [1.54, 1.807) is 31.6 Å². The highest BCUT2D eigenvalue weighted by molar-refractivity contribution is 5.75. The van der Waals surface area contributed by atoms with Crippen molar-refractivity contribution >= 4 is 23.1 Å². The molecular formula is C25H22FN5O2. The quantitative estimate of drug-likeness (QED) is 0.451. The number of hydrogen-bond acceptors (Lipinski definition) is 7. The van der Waals surface area contributed by atoms with E-state index in [9.17, 15) is 4.39 Å². The van der Waals surface area contributed by atoms with Crippen LogP contribution in [0.25, 0.3) is 11.1 Å². The molecule has 0 bridgehead atoms. The topological polar surface area (TPSA) is 72.4 Å². The van der Waals surface area contributed by atoms with Gasteiger partial charge in [0.05, 0.1) is 19.9 Å².